The van der Waals surface area contributed by atoms with Crippen molar-refractivity contribution in [1.82, 2.24) is 4.90 Å². The summed E-state index contributed by atoms with van der Waals surface area (Å²) in [6.45, 7) is 3.42. The molecular formula is C23H24N2O6S. The van der Waals surface area contributed by atoms with E-state index in [4.69, 9.17) is 14.2 Å². The molecule has 1 aliphatic heterocycles. The van der Waals surface area contributed by atoms with Crippen LogP contribution in [0.15, 0.2) is 47.4 Å². The molecule has 0 radical (unpaired) electrons. The topological polar surface area (TPSA) is 94.2 Å². The molecule has 3 amide bonds. The van der Waals surface area contributed by atoms with Gasteiger partial charge in [-0.3, -0.25) is 19.3 Å². The molecule has 0 unspecified atom stereocenters. The molecule has 0 atom stereocenters. The number of carbonyl (C=O) groups is 3. The number of nitrogens with one attached hydrogen (secondary N) is 1. The Bertz CT molecular complexity index is 1070. The van der Waals surface area contributed by atoms with Crippen LogP contribution in [0, 0.1) is 0 Å². The molecule has 9 heteroatoms. The molecule has 2 aromatic rings. The Morgan fingerprint density at radius 2 is 1.78 bits per heavy atom. The second kappa shape index (κ2) is 10.2. The van der Waals surface area contributed by atoms with Gasteiger partial charge in [0.25, 0.3) is 11.1 Å². The first-order chi connectivity index (χ1) is 15.3. The number of carbonyl (C=O) groups excluding carboxylic acids is 3. The first-order valence-electron chi connectivity index (χ1n) is 9.85. The molecule has 0 aromatic heterocycles. The fraction of sp³-hybridized carbons (Fsp3) is 0.261. The lowest BCUT2D eigenvalue weighted by Crippen LogP contribution is -2.36. The van der Waals surface area contributed by atoms with Crippen LogP contribution in [0.3, 0.4) is 0 Å². The summed E-state index contributed by atoms with van der Waals surface area (Å²) in [6.07, 6.45) is 1.57. The Labute approximate surface area is 190 Å². The highest BCUT2D eigenvalue weighted by atomic mass is 32.2. The summed E-state index contributed by atoms with van der Waals surface area (Å²) < 4.78 is 16.2. The molecule has 168 valence electrons. The van der Waals surface area contributed by atoms with E-state index >= 15 is 0 Å². The standard InChI is InChI=1S/C23H24N2O6S/c1-14(2)31-18-10-9-15(11-19(18)30-4)12-20-22(27)25(23(28)32-20)13-21(26)24-16-7-5-6-8-17(16)29-3/h5-12,14H,13H2,1-4H3,(H,24,26)/b20-12-. The van der Waals surface area contributed by atoms with E-state index in [-0.39, 0.29) is 11.0 Å². The van der Waals surface area contributed by atoms with Crippen LogP contribution in [0.2, 0.25) is 0 Å². The third-order valence-electron chi connectivity index (χ3n) is 4.40. The van der Waals surface area contributed by atoms with Gasteiger partial charge in [-0.25, -0.2) is 0 Å². The van der Waals surface area contributed by atoms with Gasteiger partial charge in [0.2, 0.25) is 5.91 Å². The fourth-order valence-corrected chi connectivity index (χ4v) is 3.83. The minimum absolute atomic E-state index is 0.0201. The molecule has 1 N–H and O–H groups in total. The maximum atomic E-state index is 12.8. The number of para-hydroxylation sites is 2. The van der Waals surface area contributed by atoms with Gasteiger partial charge in [-0.05, 0) is 61.5 Å². The van der Waals surface area contributed by atoms with Crippen molar-refractivity contribution in [2.45, 2.75) is 20.0 Å². The maximum Gasteiger partial charge on any atom is 0.294 e. The molecule has 32 heavy (non-hydrogen) atoms. The first-order valence-corrected chi connectivity index (χ1v) is 10.7. The van der Waals surface area contributed by atoms with Crippen LogP contribution in [-0.4, -0.2) is 48.8 Å². The number of rotatable bonds is 8. The molecular weight excluding hydrogens is 432 g/mol. The van der Waals surface area contributed by atoms with Gasteiger partial charge < -0.3 is 19.5 Å². The zero-order valence-corrected chi connectivity index (χ0v) is 19.0. The van der Waals surface area contributed by atoms with Gasteiger partial charge in [-0.15, -0.1) is 0 Å². The summed E-state index contributed by atoms with van der Waals surface area (Å²) in [7, 11) is 3.02. The average molecular weight is 457 g/mol. The minimum Gasteiger partial charge on any atom is -0.495 e. The second-order valence-corrected chi connectivity index (χ2v) is 8.09. The Balaban J connectivity index is 1.73. The van der Waals surface area contributed by atoms with Crippen molar-refractivity contribution in [3.05, 3.63) is 52.9 Å². The van der Waals surface area contributed by atoms with Gasteiger partial charge in [0.15, 0.2) is 11.5 Å². The molecule has 8 nitrogen and oxygen atoms in total. The lowest BCUT2D eigenvalue weighted by Gasteiger charge is -2.14. The van der Waals surface area contributed by atoms with Gasteiger partial charge >= 0.3 is 0 Å². The zero-order valence-electron chi connectivity index (χ0n) is 18.2. The maximum absolute atomic E-state index is 12.8. The Morgan fingerprint density at radius 1 is 1.06 bits per heavy atom. The third kappa shape index (κ3) is 5.42. The van der Waals surface area contributed by atoms with E-state index in [1.807, 2.05) is 13.8 Å². The lowest BCUT2D eigenvalue weighted by atomic mass is 10.2. The molecule has 2 aromatic carbocycles. The molecule has 0 spiro atoms. The zero-order chi connectivity index (χ0) is 23.3. The van der Waals surface area contributed by atoms with Crippen molar-refractivity contribution in [1.29, 1.82) is 0 Å². The first kappa shape index (κ1) is 23.2. The monoisotopic (exact) mass is 456 g/mol. The van der Waals surface area contributed by atoms with Gasteiger partial charge in [0.1, 0.15) is 12.3 Å². The average Bonchev–Trinajstić information content (AvgIpc) is 3.02. The highest BCUT2D eigenvalue weighted by molar-refractivity contribution is 8.18. The number of methoxy groups -OCH3 is 2. The van der Waals surface area contributed by atoms with E-state index in [1.165, 1.54) is 14.2 Å². The predicted octanol–water partition coefficient (Wildman–Crippen LogP) is 4.17. The summed E-state index contributed by atoms with van der Waals surface area (Å²) in [4.78, 5) is 38.7. The summed E-state index contributed by atoms with van der Waals surface area (Å²) in [5.41, 5.74) is 1.13. The highest BCUT2D eigenvalue weighted by Crippen LogP contribution is 2.35. The van der Waals surface area contributed by atoms with Crippen LogP contribution in [0.1, 0.15) is 19.4 Å². The predicted molar refractivity (Wildman–Crippen MR) is 123 cm³/mol. The summed E-state index contributed by atoms with van der Waals surface area (Å²) in [6, 6.07) is 12.1. The molecule has 1 saturated heterocycles. The number of hydrogen-bond acceptors (Lipinski definition) is 7. The molecule has 3 rings (SSSR count). The van der Waals surface area contributed by atoms with Crippen molar-refractivity contribution in [2.75, 3.05) is 26.1 Å². The fourth-order valence-electron chi connectivity index (χ4n) is 2.99. The minimum atomic E-state index is -0.531. The van der Waals surface area contributed by atoms with Crippen LogP contribution in [-0.2, 0) is 9.59 Å². The van der Waals surface area contributed by atoms with Gasteiger partial charge in [0, 0.05) is 0 Å². The molecule has 0 saturated carbocycles. The Morgan fingerprint density at radius 3 is 2.47 bits per heavy atom. The molecule has 1 fully saturated rings. The van der Waals surface area contributed by atoms with E-state index in [9.17, 15) is 14.4 Å². The number of anilines is 1. The summed E-state index contributed by atoms with van der Waals surface area (Å²) >= 11 is 0.783. The van der Waals surface area contributed by atoms with Crippen molar-refractivity contribution in [3.63, 3.8) is 0 Å². The van der Waals surface area contributed by atoms with Crippen LogP contribution in [0.5, 0.6) is 17.2 Å². The number of hydrogen-bond donors (Lipinski definition) is 1. The SMILES string of the molecule is COc1ccccc1NC(=O)CN1C(=O)S/C(=C\c2ccc(OC(C)C)c(OC)c2)C1=O. The number of thioether (sulfide) groups is 1. The highest BCUT2D eigenvalue weighted by Gasteiger charge is 2.36. The smallest absolute Gasteiger partial charge is 0.294 e. The number of imide groups is 1. The lowest BCUT2D eigenvalue weighted by molar-refractivity contribution is -0.127. The number of benzene rings is 2. The third-order valence-corrected chi connectivity index (χ3v) is 5.31. The van der Waals surface area contributed by atoms with E-state index in [2.05, 4.69) is 5.32 Å². The molecule has 0 bridgehead atoms. The number of ether oxygens (including phenoxy) is 3. The largest absolute Gasteiger partial charge is 0.495 e. The molecule has 1 aliphatic rings. The van der Waals surface area contributed by atoms with E-state index < -0.39 is 23.6 Å². The summed E-state index contributed by atoms with van der Waals surface area (Å²) in [5.74, 6) is 0.545. The van der Waals surface area contributed by atoms with Crippen molar-refractivity contribution in [2.24, 2.45) is 0 Å². The van der Waals surface area contributed by atoms with Crippen molar-refractivity contribution < 1.29 is 28.6 Å². The Hall–Kier alpha value is -3.46. The van der Waals surface area contributed by atoms with Crippen LogP contribution in [0.4, 0.5) is 10.5 Å². The molecule has 1 heterocycles. The van der Waals surface area contributed by atoms with E-state index in [0.717, 1.165) is 16.7 Å². The van der Waals surface area contributed by atoms with Gasteiger partial charge in [0.05, 0.1) is 30.9 Å². The van der Waals surface area contributed by atoms with E-state index in [0.29, 0.717) is 28.5 Å². The quantitative estimate of drug-likeness (QED) is 0.596. The van der Waals surface area contributed by atoms with Crippen LogP contribution in [0.25, 0.3) is 6.08 Å². The van der Waals surface area contributed by atoms with Gasteiger partial charge in [-0.2, -0.15) is 0 Å². The van der Waals surface area contributed by atoms with Crippen molar-refractivity contribution >= 4 is 40.6 Å². The van der Waals surface area contributed by atoms with Crippen LogP contribution >= 0.6 is 11.8 Å². The van der Waals surface area contributed by atoms with Crippen LogP contribution < -0.4 is 19.5 Å². The molecule has 0 aliphatic carbocycles. The Kier molecular flexibility index (Phi) is 7.42. The van der Waals surface area contributed by atoms with E-state index in [1.54, 1.807) is 48.5 Å². The number of amides is 3. The second-order valence-electron chi connectivity index (χ2n) is 7.09. The normalized spacial score (nSPS) is 14.8. The summed E-state index contributed by atoms with van der Waals surface area (Å²) in [5, 5.41) is 2.15. The number of nitrogens with zero attached hydrogens (tertiary/aromatic N) is 1. The van der Waals surface area contributed by atoms with Crippen molar-refractivity contribution in [3.8, 4) is 17.2 Å². The van der Waals surface area contributed by atoms with Gasteiger partial charge in [-0.1, -0.05) is 18.2 Å².